The van der Waals surface area contributed by atoms with E-state index < -0.39 is 0 Å². The zero-order valence-electron chi connectivity index (χ0n) is 18.8. The Kier molecular flexibility index (Phi) is 9.29. The zero-order valence-corrected chi connectivity index (χ0v) is 21.1. The van der Waals surface area contributed by atoms with Crippen LogP contribution in [0.2, 0.25) is 0 Å². The molecule has 0 aliphatic carbocycles. The summed E-state index contributed by atoms with van der Waals surface area (Å²) >= 11 is 0. The molecule has 0 saturated carbocycles. The highest BCUT2D eigenvalue weighted by molar-refractivity contribution is 14.0. The molecule has 0 spiro atoms. The molecule has 2 aromatic heterocycles. The number of benzene rings is 1. The predicted molar refractivity (Wildman–Crippen MR) is 136 cm³/mol. The average Bonchev–Trinajstić information content (AvgIpc) is 3.08. The number of pyridine rings is 1. The van der Waals surface area contributed by atoms with Gasteiger partial charge in [0, 0.05) is 37.6 Å². The lowest BCUT2D eigenvalue weighted by atomic mass is 10.1. The number of hydrogen-bond donors (Lipinski definition) is 2. The molecule has 3 aromatic rings. The van der Waals surface area contributed by atoms with Gasteiger partial charge in [-0.1, -0.05) is 18.2 Å². The second-order valence-corrected chi connectivity index (χ2v) is 7.19. The molecule has 8 heteroatoms. The van der Waals surface area contributed by atoms with Gasteiger partial charge in [-0.15, -0.1) is 24.0 Å². The standard InChI is InChI=1S/C23H30N6O.HI/c1-6-30-21-11-16(2)7-9-20(21)15-27-23(24-5)26-14-19-8-10-22(25-13-19)29-18(4)12-17(3)28-29;/h7-13H,6,14-15H2,1-5H3,(H2,24,26,27);1H. The van der Waals surface area contributed by atoms with Crippen molar-refractivity contribution in [2.75, 3.05) is 13.7 Å². The van der Waals surface area contributed by atoms with Crippen LogP contribution in [0, 0.1) is 20.8 Å². The molecule has 0 saturated heterocycles. The van der Waals surface area contributed by atoms with Gasteiger partial charge in [-0.05, 0) is 57.0 Å². The fourth-order valence-electron chi connectivity index (χ4n) is 3.19. The van der Waals surface area contributed by atoms with E-state index in [4.69, 9.17) is 4.74 Å². The van der Waals surface area contributed by atoms with E-state index in [-0.39, 0.29) is 24.0 Å². The van der Waals surface area contributed by atoms with Crippen LogP contribution in [0.4, 0.5) is 0 Å². The number of ether oxygens (including phenoxy) is 1. The van der Waals surface area contributed by atoms with E-state index >= 15 is 0 Å². The molecule has 0 atom stereocenters. The first kappa shape index (κ1) is 24.6. The number of aryl methyl sites for hydroxylation is 3. The van der Waals surface area contributed by atoms with Gasteiger partial charge >= 0.3 is 0 Å². The van der Waals surface area contributed by atoms with Crippen molar-refractivity contribution in [3.63, 3.8) is 0 Å². The van der Waals surface area contributed by atoms with Crippen LogP contribution in [0.15, 0.2) is 47.6 Å². The van der Waals surface area contributed by atoms with E-state index in [0.717, 1.165) is 40.0 Å². The second kappa shape index (κ2) is 11.7. The highest BCUT2D eigenvalue weighted by Gasteiger charge is 2.07. The van der Waals surface area contributed by atoms with E-state index in [2.05, 4.69) is 50.8 Å². The fraction of sp³-hybridized carbons (Fsp3) is 0.348. The minimum atomic E-state index is 0. The average molecular weight is 534 g/mol. The van der Waals surface area contributed by atoms with Gasteiger partial charge in [0.1, 0.15) is 5.75 Å². The molecule has 0 unspecified atom stereocenters. The molecular weight excluding hydrogens is 503 g/mol. The minimum absolute atomic E-state index is 0. The van der Waals surface area contributed by atoms with Crippen molar-refractivity contribution in [2.24, 2.45) is 4.99 Å². The van der Waals surface area contributed by atoms with Crippen LogP contribution < -0.4 is 15.4 Å². The number of nitrogens with zero attached hydrogens (tertiary/aromatic N) is 4. The quantitative estimate of drug-likeness (QED) is 0.272. The summed E-state index contributed by atoms with van der Waals surface area (Å²) in [5.41, 5.74) is 5.39. The summed E-state index contributed by atoms with van der Waals surface area (Å²) in [6, 6.07) is 12.3. The molecule has 0 fully saturated rings. The van der Waals surface area contributed by atoms with Crippen molar-refractivity contribution < 1.29 is 4.74 Å². The molecule has 1 aromatic carbocycles. The van der Waals surface area contributed by atoms with E-state index in [1.807, 2.05) is 49.8 Å². The lowest BCUT2D eigenvalue weighted by Gasteiger charge is -2.15. The number of aliphatic imine (C=N–C) groups is 1. The summed E-state index contributed by atoms with van der Waals surface area (Å²) in [7, 11) is 1.76. The zero-order chi connectivity index (χ0) is 21.5. The molecule has 0 radical (unpaired) electrons. The molecule has 31 heavy (non-hydrogen) atoms. The van der Waals surface area contributed by atoms with Crippen LogP contribution in [0.3, 0.4) is 0 Å². The van der Waals surface area contributed by atoms with Crippen LogP contribution >= 0.6 is 24.0 Å². The molecule has 166 valence electrons. The molecule has 7 nitrogen and oxygen atoms in total. The van der Waals surface area contributed by atoms with Gasteiger partial charge in [-0.2, -0.15) is 5.10 Å². The Morgan fingerprint density at radius 3 is 2.45 bits per heavy atom. The van der Waals surface area contributed by atoms with Crippen LogP contribution in [-0.2, 0) is 13.1 Å². The lowest BCUT2D eigenvalue weighted by Crippen LogP contribution is -2.36. The van der Waals surface area contributed by atoms with Gasteiger partial charge < -0.3 is 15.4 Å². The van der Waals surface area contributed by atoms with E-state index in [9.17, 15) is 0 Å². The normalized spacial score (nSPS) is 11.1. The van der Waals surface area contributed by atoms with Crippen molar-refractivity contribution in [3.05, 3.63) is 70.7 Å². The van der Waals surface area contributed by atoms with Gasteiger partial charge in [0.05, 0.1) is 12.3 Å². The SMILES string of the molecule is CCOc1cc(C)ccc1CNC(=NC)NCc1ccc(-n2nc(C)cc2C)nc1.I. The highest BCUT2D eigenvalue weighted by atomic mass is 127. The topological polar surface area (TPSA) is 76.4 Å². The van der Waals surface area contributed by atoms with E-state index in [1.54, 1.807) is 7.05 Å². The second-order valence-electron chi connectivity index (χ2n) is 7.19. The van der Waals surface area contributed by atoms with Crippen LogP contribution in [-0.4, -0.2) is 34.4 Å². The smallest absolute Gasteiger partial charge is 0.191 e. The van der Waals surface area contributed by atoms with Crippen LogP contribution in [0.1, 0.15) is 35.0 Å². The summed E-state index contributed by atoms with van der Waals surface area (Å²) in [5.74, 6) is 2.44. The molecule has 2 N–H and O–H groups in total. The van der Waals surface area contributed by atoms with Gasteiger partial charge in [0.15, 0.2) is 11.8 Å². The Bertz CT molecular complexity index is 1010. The molecule has 3 rings (SSSR count). The van der Waals surface area contributed by atoms with Crippen molar-refractivity contribution in [1.29, 1.82) is 0 Å². The number of nitrogens with one attached hydrogen (secondary N) is 2. The highest BCUT2D eigenvalue weighted by Crippen LogP contribution is 2.20. The summed E-state index contributed by atoms with van der Waals surface area (Å²) < 4.78 is 7.61. The summed E-state index contributed by atoms with van der Waals surface area (Å²) in [5, 5.41) is 11.2. The maximum absolute atomic E-state index is 5.75. The first-order valence-electron chi connectivity index (χ1n) is 10.2. The van der Waals surface area contributed by atoms with E-state index in [0.29, 0.717) is 19.7 Å². The lowest BCUT2D eigenvalue weighted by molar-refractivity contribution is 0.336. The third-order valence-electron chi connectivity index (χ3n) is 4.69. The Morgan fingerprint density at radius 2 is 1.84 bits per heavy atom. The predicted octanol–water partition coefficient (Wildman–Crippen LogP) is 4.07. The third-order valence-corrected chi connectivity index (χ3v) is 4.69. The first-order chi connectivity index (χ1) is 14.5. The van der Waals surface area contributed by atoms with Crippen molar-refractivity contribution in [1.82, 2.24) is 25.4 Å². The first-order valence-corrected chi connectivity index (χ1v) is 10.2. The van der Waals surface area contributed by atoms with Gasteiger partial charge in [-0.25, -0.2) is 9.67 Å². The molecule has 0 aliphatic heterocycles. The summed E-state index contributed by atoms with van der Waals surface area (Å²) in [4.78, 5) is 8.85. The largest absolute Gasteiger partial charge is 0.494 e. The summed E-state index contributed by atoms with van der Waals surface area (Å²) in [6.07, 6.45) is 1.86. The molecule has 0 amide bonds. The van der Waals surface area contributed by atoms with Crippen molar-refractivity contribution >= 4 is 29.9 Å². The number of guanidine groups is 1. The maximum Gasteiger partial charge on any atom is 0.191 e. The number of halogens is 1. The van der Waals surface area contributed by atoms with Gasteiger partial charge in [-0.3, -0.25) is 4.99 Å². The molecule has 2 heterocycles. The van der Waals surface area contributed by atoms with E-state index in [1.165, 1.54) is 5.56 Å². The molecular formula is C23H31IN6O. The Hall–Kier alpha value is -2.62. The summed E-state index contributed by atoms with van der Waals surface area (Å²) in [6.45, 7) is 9.96. The van der Waals surface area contributed by atoms with Gasteiger partial charge in [0.25, 0.3) is 0 Å². The third kappa shape index (κ3) is 6.68. The Labute approximate surface area is 201 Å². The minimum Gasteiger partial charge on any atom is -0.494 e. The monoisotopic (exact) mass is 534 g/mol. The number of hydrogen-bond acceptors (Lipinski definition) is 4. The van der Waals surface area contributed by atoms with Gasteiger partial charge in [0.2, 0.25) is 0 Å². The molecule has 0 bridgehead atoms. The van der Waals surface area contributed by atoms with Crippen LogP contribution in [0.5, 0.6) is 5.75 Å². The number of rotatable bonds is 7. The number of aromatic nitrogens is 3. The van der Waals surface area contributed by atoms with Crippen LogP contribution in [0.25, 0.3) is 5.82 Å². The Balaban J connectivity index is 0.00000341. The maximum atomic E-state index is 5.75. The van der Waals surface area contributed by atoms with Crippen molar-refractivity contribution in [3.8, 4) is 11.6 Å². The Morgan fingerprint density at radius 1 is 1.06 bits per heavy atom. The fourth-order valence-corrected chi connectivity index (χ4v) is 3.19. The van der Waals surface area contributed by atoms with Crippen molar-refractivity contribution in [2.45, 2.75) is 40.8 Å². The molecule has 0 aliphatic rings.